The Balaban J connectivity index is 3.03. The highest BCUT2D eigenvalue weighted by molar-refractivity contribution is 5.86. The van der Waals surface area contributed by atoms with Crippen LogP contribution in [0.25, 0.3) is 0 Å². The van der Waals surface area contributed by atoms with Crippen molar-refractivity contribution in [3.63, 3.8) is 0 Å². The molecule has 142 valence electrons. The molecule has 2 heteroatoms. The van der Waals surface area contributed by atoms with E-state index in [4.69, 9.17) is 0 Å². The molecular weight excluding hydrogens is 294 g/mol. The van der Waals surface area contributed by atoms with Gasteiger partial charge in [0.1, 0.15) is 0 Å². The third kappa shape index (κ3) is 19.3. The Morgan fingerprint density at radius 2 is 1.12 bits per heavy atom. The second-order valence-corrected chi connectivity index (χ2v) is 7.63. The zero-order valence-corrected chi connectivity index (χ0v) is 16.6. The summed E-state index contributed by atoms with van der Waals surface area (Å²) in [7, 11) is 0. The van der Waals surface area contributed by atoms with Gasteiger partial charge in [0.15, 0.2) is 0 Å². The Hall–Kier alpha value is -0.790. The van der Waals surface area contributed by atoms with Crippen molar-refractivity contribution < 1.29 is 4.79 Å². The smallest absolute Gasteiger partial charge is 0.243 e. The number of rotatable bonds is 18. The Morgan fingerprint density at radius 3 is 1.50 bits per heavy atom. The van der Waals surface area contributed by atoms with Crippen molar-refractivity contribution in [2.75, 3.05) is 6.54 Å². The summed E-state index contributed by atoms with van der Waals surface area (Å²) < 4.78 is 0. The number of carbonyl (C=O) groups is 1. The number of amides is 1. The Labute approximate surface area is 151 Å². The molecule has 0 aromatic carbocycles. The van der Waals surface area contributed by atoms with Crippen LogP contribution in [0.4, 0.5) is 0 Å². The van der Waals surface area contributed by atoms with Crippen LogP contribution in [-0.4, -0.2) is 12.5 Å². The SMILES string of the molecule is C=CC(=O)NCCCCCCCCCCCCCCCCC(C)C. The first-order valence-electron chi connectivity index (χ1n) is 10.6. The van der Waals surface area contributed by atoms with E-state index in [9.17, 15) is 4.79 Å². The number of hydrogen-bond donors (Lipinski definition) is 1. The molecule has 0 aliphatic heterocycles. The van der Waals surface area contributed by atoms with Crippen molar-refractivity contribution in [1.82, 2.24) is 5.32 Å². The average Bonchev–Trinajstić information content (AvgIpc) is 2.57. The number of hydrogen-bond acceptors (Lipinski definition) is 1. The molecule has 0 aromatic rings. The monoisotopic (exact) mass is 337 g/mol. The maximum absolute atomic E-state index is 11.0. The third-order valence-electron chi connectivity index (χ3n) is 4.69. The van der Waals surface area contributed by atoms with Crippen molar-refractivity contribution in [3.05, 3.63) is 12.7 Å². The van der Waals surface area contributed by atoms with E-state index in [0.717, 1.165) is 18.9 Å². The van der Waals surface area contributed by atoms with Gasteiger partial charge in [0, 0.05) is 6.54 Å². The summed E-state index contributed by atoms with van der Waals surface area (Å²) in [5.74, 6) is 0.827. The number of carbonyl (C=O) groups excluding carboxylic acids is 1. The molecular formula is C22H43NO. The van der Waals surface area contributed by atoms with Gasteiger partial charge in [0.05, 0.1) is 0 Å². The molecule has 0 bridgehead atoms. The van der Waals surface area contributed by atoms with Gasteiger partial charge in [0.25, 0.3) is 0 Å². The summed E-state index contributed by atoms with van der Waals surface area (Å²) in [4.78, 5) is 11.0. The van der Waals surface area contributed by atoms with E-state index in [1.165, 1.54) is 96.0 Å². The highest BCUT2D eigenvalue weighted by Gasteiger charge is 1.96. The summed E-state index contributed by atoms with van der Waals surface area (Å²) in [6.45, 7) is 8.89. The lowest BCUT2D eigenvalue weighted by Crippen LogP contribution is -2.21. The zero-order chi connectivity index (χ0) is 17.9. The molecule has 0 fully saturated rings. The molecule has 0 atom stereocenters. The molecule has 0 unspecified atom stereocenters. The van der Waals surface area contributed by atoms with Crippen LogP contribution in [-0.2, 0) is 4.79 Å². The maximum Gasteiger partial charge on any atom is 0.243 e. The van der Waals surface area contributed by atoms with E-state index in [1.807, 2.05) is 0 Å². The lowest BCUT2D eigenvalue weighted by molar-refractivity contribution is -0.116. The van der Waals surface area contributed by atoms with Gasteiger partial charge in [-0.25, -0.2) is 0 Å². The summed E-state index contributed by atoms with van der Waals surface area (Å²) in [5, 5.41) is 2.83. The van der Waals surface area contributed by atoms with Gasteiger partial charge in [-0.05, 0) is 18.4 Å². The van der Waals surface area contributed by atoms with Gasteiger partial charge in [-0.2, -0.15) is 0 Å². The van der Waals surface area contributed by atoms with Gasteiger partial charge in [-0.1, -0.05) is 110 Å². The fourth-order valence-corrected chi connectivity index (χ4v) is 3.08. The van der Waals surface area contributed by atoms with E-state index < -0.39 is 0 Å². The van der Waals surface area contributed by atoms with Gasteiger partial charge >= 0.3 is 0 Å². The van der Waals surface area contributed by atoms with Crippen LogP contribution < -0.4 is 5.32 Å². The molecule has 0 aliphatic carbocycles. The fourth-order valence-electron chi connectivity index (χ4n) is 3.08. The van der Waals surface area contributed by atoms with Crippen LogP contribution in [0.5, 0.6) is 0 Å². The number of unbranched alkanes of at least 4 members (excludes halogenated alkanes) is 13. The number of nitrogens with one attached hydrogen (secondary N) is 1. The first-order valence-corrected chi connectivity index (χ1v) is 10.6. The molecule has 0 heterocycles. The molecule has 0 radical (unpaired) electrons. The molecule has 0 saturated heterocycles. The summed E-state index contributed by atoms with van der Waals surface area (Å²) in [6.07, 6.45) is 22.0. The van der Waals surface area contributed by atoms with Crippen molar-refractivity contribution in [1.29, 1.82) is 0 Å². The van der Waals surface area contributed by atoms with E-state index >= 15 is 0 Å². The Kier molecular flexibility index (Phi) is 17.9. The summed E-state index contributed by atoms with van der Waals surface area (Å²) >= 11 is 0. The largest absolute Gasteiger partial charge is 0.353 e. The Bertz CT molecular complexity index is 286. The minimum Gasteiger partial charge on any atom is -0.353 e. The van der Waals surface area contributed by atoms with Crippen molar-refractivity contribution >= 4 is 5.91 Å². The lowest BCUT2D eigenvalue weighted by Gasteiger charge is -2.05. The van der Waals surface area contributed by atoms with Crippen molar-refractivity contribution in [2.24, 2.45) is 5.92 Å². The summed E-state index contributed by atoms with van der Waals surface area (Å²) in [5.41, 5.74) is 0. The van der Waals surface area contributed by atoms with Crippen LogP contribution >= 0.6 is 0 Å². The molecule has 2 nitrogen and oxygen atoms in total. The molecule has 0 saturated carbocycles. The quantitative estimate of drug-likeness (QED) is 0.216. The molecule has 0 aromatic heterocycles. The molecule has 0 spiro atoms. The minimum atomic E-state index is -0.0504. The van der Waals surface area contributed by atoms with E-state index in [2.05, 4.69) is 25.7 Å². The first-order chi connectivity index (χ1) is 11.7. The highest BCUT2D eigenvalue weighted by atomic mass is 16.1. The van der Waals surface area contributed by atoms with Crippen LogP contribution in [0.3, 0.4) is 0 Å². The van der Waals surface area contributed by atoms with E-state index in [0.29, 0.717) is 0 Å². The molecule has 24 heavy (non-hydrogen) atoms. The van der Waals surface area contributed by atoms with Gasteiger partial charge in [-0.3, -0.25) is 4.79 Å². The minimum absolute atomic E-state index is 0.0504. The predicted octanol–water partition coefficient (Wildman–Crippen LogP) is 6.80. The fraction of sp³-hybridized carbons (Fsp3) is 0.864. The molecule has 1 amide bonds. The third-order valence-corrected chi connectivity index (χ3v) is 4.69. The summed E-state index contributed by atoms with van der Waals surface area (Å²) in [6, 6.07) is 0. The van der Waals surface area contributed by atoms with Crippen LogP contribution in [0.1, 0.15) is 110 Å². The van der Waals surface area contributed by atoms with Gasteiger partial charge < -0.3 is 5.32 Å². The second kappa shape index (κ2) is 18.5. The van der Waals surface area contributed by atoms with Crippen molar-refractivity contribution in [2.45, 2.75) is 110 Å². The second-order valence-electron chi connectivity index (χ2n) is 7.63. The maximum atomic E-state index is 11.0. The van der Waals surface area contributed by atoms with Gasteiger partial charge in [0.2, 0.25) is 5.91 Å². The van der Waals surface area contributed by atoms with Gasteiger partial charge in [-0.15, -0.1) is 0 Å². The molecule has 0 aliphatic rings. The van der Waals surface area contributed by atoms with Crippen LogP contribution in [0.2, 0.25) is 0 Å². The van der Waals surface area contributed by atoms with E-state index in [1.54, 1.807) is 0 Å². The molecule has 0 rings (SSSR count). The lowest BCUT2D eigenvalue weighted by atomic mass is 10.0. The topological polar surface area (TPSA) is 29.1 Å². The first kappa shape index (κ1) is 23.2. The van der Waals surface area contributed by atoms with E-state index in [-0.39, 0.29) is 5.91 Å². The predicted molar refractivity (Wildman–Crippen MR) is 107 cm³/mol. The zero-order valence-electron chi connectivity index (χ0n) is 16.6. The van der Waals surface area contributed by atoms with Crippen molar-refractivity contribution in [3.8, 4) is 0 Å². The van der Waals surface area contributed by atoms with Crippen LogP contribution in [0.15, 0.2) is 12.7 Å². The Morgan fingerprint density at radius 1 is 0.750 bits per heavy atom. The standard InChI is InChI=1S/C22H43NO/c1-4-22(24)23-20-18-16-14-12-10-8-6-5-7-9-11-13-15-17-19-21(2)3/h4,21H,1,5-20H2,2-3H3,(H,23,24). The highest BCUT2D eigenvalue weighted by Crippen LogP contribution is 2.14. The average molecular weight is 338 g/mol. The molecule has 1 N–H and O–H groups in total. The normalized spacial score (nSPS) is 11.0. The van der Waals surface area contributed by atoms with Crippen LogP contribution in [0, 0.1) is 5.92 Å².